The van der Waals surface area contributed by atoms with Crippen LogP contribution in [0, 0.1) is 5.82 Å². The smallest absolute Gasteiger partial charge is 0.141 e. The van der Waals surface area contributed by atoms with Gasteiger partial charge in [0.2, 0.25) is 0 Å². The van der Waals surface area contributed by atoms with E-state index in [-0.39, 0.29) is 5.82 Å². The van der Waals surface area contributed by atoms with E-state index in [1.54, 1.807) is 23.5 Å². The Hall–Kier alpha value is -0.980. The first-order valence-electron chi connectivity index (χ1n) is 5.35. The molecule has 1 aromatic heterocycles. The summed E-state index contributed by atoms with van der Waals surface area (Å²) >= 11 is 4.68. The van der Waals surface area contributed by atoms with Crippen molar-refractivity contribution in [3.8, 4) is 5.75 Å². The number of rotatable bonds is 5. The largest absolute Gasteiger partial charge is 0.487 e. The molecule has 1 N–H and O–H groups in total. The Morgan fingerprint density at radius 1 is 1.50 bits per heavy atom. The minimum absolute atomic E-state index is 0.332. The third-order valence-corrected chi connectivity index (χ3v) is 3.75. The van der Waals surface area contributed by atoms with E-state index in [0.29, 0.717) is 16.8 Å². The molecular formula is C12H12BrFN2OS. The van der Waals surface area contributed by atoms with Crippen LogP contribution >= 0.6 is 27.3 Å². The molecule has 2 rings (SSSR count). The van der Waals surface area contributed by atoms with E-state index in [4.69, 9.17) is 4.74 Å². The predicted octanol–water partition coefficient (Wildman–Crippen LogP) is 3.34. The summed E-state index contributed by atoms with van der Waals surface area (Å²) in [5, 5.41) is 6.00. The number of aromatic nitrogens is 1. The first-order valence-corrected chi connectivity index (χ1v) is 7.02. The molecule has 96 valence electrons. The molecule has 0 bridgehead atoms. The zero-order valence-electron chi connectivity index (χ0n) is 9.74. The SMILES string of the molecule is CNCc1nc(COc2ccc(Br)c(F)c2)cs1. The molecule has 1 aromatic carbocycles. The molecule has 0 saturated heterocycles. The molecule has 0 fully saturated rings. The second-order valence-electron chi connectivity index (χ2n) is 3.63. The lowest BCUT2D eigenvalue weighted by molar-refractivity contribution is 0.300. The van der Waals surface area contributed by atoms with Crippen molar-refractivity contribution in [2.45, 2.75) is 13.2 Å². The van der Waals surface area contributed by atoms with Gasteiger partial charge in [0, 0.05) is 18.0 Å². The zero-order chi connectivity index (χ0) is 13.0. The maximum Gasteiger partial charge on any atom is 0.141 e. The third-order valence-electron chi connectivity index (χ3n) is 2.21. The summed E-state index contributed by atoms with van der Waals surface area (Å²) in [4.78, 5) is 4.38. The molecule has 2 aromatic rings. The van der Waals surface area contributed by atoms with Crippen LogP contribution in [0.4, 0.5) is 4.39 Å². The van der Waals surface area contributed by atoms with Gasteiger partial charge in [0.1, 0.15) is 23.2 Å². The van der Waals surface area contributed by atoms with Crippen LogP contribution in [0.15, 0.2) is 28.1 Å². The number of benzene rings is 1. The van der Waals surface area contributed by atoms with Gasteiger partial charge in [-0.15, -0.1) is 11.3 Å². The summed E-state index contributed by atoms with van der Waals surface area (Å²) in [5.41, 5.74) is 0.855. The Morgan fingerprint density at radius 2 is 2.33 bits per heavy atom. The standard InChI is InChI=1S/C12H12BrFN2OS/c1-15-5-12-16-8(7-18-12)6-17-9-2-3-10(13)11(14)4-9/h2-4,7,15H,5-6H2,1H3. The summed E-state index contributed by atoms with van der Waals surface area (Å²) in [6, 6.07) is 4.69. The zero-order valence-corrected chi connectivity index (χ0v) is 12.1. The van der Waals surface area contributed by atoms with E-state index in [1.807, 2.05) is 12.4 Å². The van der Waals surface area contributed by atoms with Gasteiger partial charge in [-0.3, -0.25) is 0 Å². The van der Waals surface area contributed by atoms with Crippen molar-refractivity contribution >= 4 is 27.3 Å². The summed E-state index contributed by atoms with van der Waals surface area (Å²) in [6.07, 6.45) is 0. The second-order valence-corrected chi connectivity index (χ2v) is 5.42. The van der Waals surface area contributed by atoms with Crippen molar-refractivity contribution in [3.05, 3.63) is 44.6 Å². The van der Waals surface area contributed by atoms with Crippen LogP contribution in [0.2, 0.25) is 0 Å². The van der Waals surface area contributed by atoms with E-state index in [1.165, 1.54) is 6.07 Å². The molecule has 1 heterocycles. The second kappa shape index (κ2) is 6.26. The van der Waals surface area contributed by atoms with Gasteiger partial charge in [-0.1, -0.05) is 0 Å². The van der Waals surface area contributed by atoms with Gasteiger partial charge >= 0.3 is 0 Å². The number of ether oxygens (including phenoxy) is 1. The summed E-state index contributed by atoms with van der Waals surface area (Å²) in [5.74, 6) is 0.167. The quantitative estimate of drug-likeness (QED) is 0.912. The average molecular weight is 331 g/mol. The Labute approximate surface area is 117 Å². The van der Waals surface area contributed by atoms with Gasteiger partial charge in [-0.2, -0.15) is 0 Å². The molecule has 18 heavy (non-hydrogen) atoms. The minimum Gasteiger partial charge on any atom is -0.487 e. The van der Waals surface area contributed by atoms with E-state index in [9.17, 15) is 4.39 Å². The molecule has 0 aliphatic heterocycles. The lowest BCUT2D eigenvalue weighted by Crippen LogP contribution is -2.05. The van der Waals surface area contributed by atoms with Crippen molar-refractivity contribution in [1.29, 1.82) is 0 Å². The molecule has 0 aliphatic carbocycles. The van der Waals surface area contributed by atoms with Crippen molar-refractivity contribution in [2.75, 3.05) is 7.05 Å². The van der Waals surface area contributed by atoms with E-state index >= 15 is 0 Å². The predicted molar refractivity (Wildman–Crippen MR) is 73.3 cm³/mol. The first kappa shape index (κ1) is 13.5. The number of hydrogen-bond donors (Lipinski definition) is 1. The van der Waals surface area contributed by atoms with Crippen molar-refractivity contribution in [3.63, 3.8) is 0 Å². The van der Waals surface area contributed by atoms with Crippen LogP contribution in [0.5, 0.6) is 5.75 Å². The molecule has 0 saturated carbocycles. The van der Waals surface area contributed by atoms with Gasteiger partial charge in [0.05, 0.1) is 10.2 Å². The van der Waals surface area contributed by atoms with Gasteiger partial charge in [-0.05, 0) is 35.1 Å². The lowest BCUT2D eigenvalue weighted by Gasteiger charge is -2.04. The molecule has 0 amide bonds. The van der Waals surface area contributed by atoms with Crippen LogP contribution in [0.25, 0.3) is 0 Å². The fourth-order valence-electron chi connectivity index (χ4n) is 1.37. The molecule has 0 radical (unpaired) electrons. The van der Waals surface area contributed by atoms with E-state index in [0.717, 1.165) is 17.2 Å². The molecule has 0 aliphatic rings. The summed E-state index contributed by atoms with van der Waals surface area (Å²) < 4.78 is 19.2. The lowest BCUT2D eigenvalue weighted by atomic mass is 10.3. The molecule has 3 nitrogen and oxygen atoms in total. The highest BCUT2D eigenvalue weighted by Gasteiger charge is 2.04. The molecule has 0 spiro atoms. The van der Waals surface area contributed by atoms with Gasteiger partial charge in [0.15, 0.2) is 0 Å². The summed E-state index contributed by atoms with van der Waals surface area (Å²) in [7, 11) is 1.88. The monoisotopic (exact) mass is 330 g/mol. The van der Waals surface area contributed by atoms with Crippen LogP contribution in [0.3, 0.4) is 0 Å². The maximum atomic E-state index is 13.3. The highest BCUT2D eigenvalue weighted by atomic mass is 79.9. The molecular weight excluding hydrogens is 319 g/mol. The van der Waals surface area contributed by atoms with Crippen molar-refractivity contribution in [1.82, 2.24) is 10.3 Å². The van der Waals surface area contributed by atoms with E-state index < -0.39 is 0 Å². The van der Waals surface area contributed by atoms with Crippen molar-refractivity contribution in [2.24, 2.45) is 0 Å². The molecule has 6 heteroatoms. The van der Waals surface area contributed by atoms with Crippen LogP contribution < -0.4 is 10.1 Å². The fourth-order valence-corrected chi connectivity index (χ4v) is 2.41. The number of halogens is 2. The average Bonchev–Trinajstić information content (AvgIpc) is 2.79. The van der Waals surface area contributed by atoms with Gasteiger partial charge < -0.3 is 10.1 Å². The number of nitrogens with one attached hydrogen (secondary N) is 1. The normalized spacial score (nSPS) is 10.6. The van der Waals surface area contributed by atoms with Crippen molar-refractivity contribution < 1.29 is 9.13 Å². The Bertz CT molecular complexity index is 533. The molecule has 0 atom stereocenters. The Balaban J connectivity index is 1.95. The third kappa shape index (κ3) is 3.51. The summed E-state index contributed by atoms with van der Waals surface area (Å²) in [6.45, 7) is 1.10. The Morgan fingerprint density at radius 3 is 3.06 bits per heavy atom. The molecule has 0 unspecified atom stereocenters. The topological polar surface area (TPSA) is 34.2 Å². The highest BCUT2D eigenvalue weighted by Crippen LogP contribution is 2.21. The fraction of sp³-hybridized carbons (Fsp3) is 0.250. The highest BCUT2D eigenvalue weighted by molar-refractivity contribution is 9.10. The van der Waals surface area contributed by atoms with Crippen LogP contribution in [0.1, 0.15) is 10.7 Å². The number of nitrogens with zero attached hydrogens (tertiary/aromatic N) is 1. The maximum absolute atomic E-state index is 13.3. The minimum atomic E-state index is -0.332. The van der Waals surface area contributed by atoms with Gasteiger partial charge in [0.25, 0.3) is 0 Å². The van der Waals surface area contributed by atoms with E-state index in [2.05, 4.69) is 26.2 Å². The number of hydrogen-bond acceptors (Lipinski definition) is 4. The first-order chi connectivity index (χ1) is 8.69. The van der Waals surface area contributed by atoms with Gasteiger partial charge in [-0.25, -0.2) is 9.37 Å². The van der Waals surface area contributed by atoms with Crippen LogP contribution in [-0.2, 0) is 13.2 Å². The number of thiazole rings is 1. The van der Waals surface area contributed by atoms with Crippen LogP contribution in [-0.4, -0.2) is 12.0 Å². The Kier molecular flexibility index (Phi) is 4.68.